The van der Waals surface area contributed by atoms with Gasteiger partial charge in [-0.05, 0) is 30.9 Å². The predicted molar refractivity (Wildman–Crippen MR) is 137 cm³/mol. The molecule has 0 radical (unpaired) electrons. The molecule has 0 spiro atoms. The SMILES string of the molecule is CCCCCCCOc1cnc(-c2ccc(OCCCCCCCC3CCCC3)c(F)c2F)nc1. The van der Waals surface area contributed by atoms with Crippen molar-refractivity contribution in [3.05, 3.63) is 36.2 Å². The van der Waals surface area contributed by atoms with E-state index < -0.39 is 11.6 Å². The summed E-state index contributed by atoms with van der Waals surface area (Å²) in [5.41, 5.74) is 0.0169. The van der Waals surface area contributed by atoms with E-state index in [4.69, 9.17) is 9.47 Å². The molecule has 4 nitrogen and oxygen atoms in total. The number of ether oxygens (including phenoxy) is 2. The first-order valence-corrected chi connectivity index (χ1v) is 13.7. The Morgan fingerprint density at radius 3 is 2.11 bits per heavy atom. The lowest BCUT2D eigenvalue weighted by molar-refractivity contribution is 0.284. The smallest absolute Gasteiger partial charge is 0.201 e. The lowest BCUT2D eigenvalue weighted by Crippen LogP contribution is -2.03. The van der Waals surface area contributed by atoms with E-state index >= 15 is 0 Å². The van der Waals surface area contributed by atoms with Crippen molar-refractivity contribution in [1.29, 1.82) is 0 Å². The molecule has 194 valence electrons. The van der Waals surface area contributed by atoms with E-state index in [1.807, 2.05) is 0 Å². The number of benzene rings is 1. The van der Waals surface area contributed by atoms with Crippen LogP contribution in [0.4, 0.5) is 8.78 Å². The van der Waals surface area contributed by atoms with Crippen molar-refractivity contribution in [2.45, 2.75) is 103 Å². The van der Waals surface area contributed by atoms with Crippen LogP contribution in [0.1, 0.15) is 103 Å². The fraction of sp³-hybridized carbons (Fsp3) is 0.655. The highest BCUT2D eigenvalue weighted by Crippen LogP contribution is 2.30. The summed E-state index contributed by atoms with van der Waals surface area (Å²) >= 11 is 0. The highest BCUT2D eigenvalue weighted by atomic mass is 19.2. The van der Waals surface area contributed by atoms with Gasteiger partial charge in [0.15, 0.2) is 23.1 Å². The molecule has 1 fully saturated rings. The Bertz CT molecular complexity index is 855. The van der Waals surface area contributed by atoms with Crippen molar-refractivity contribution < 1.29 is 18.3 Å². The van der Waals surface area contributed by atoms with Crippen LogP contribution in [-0.4, -0.2) is 23.2 Å². The van der Waals surface area contributed by atoms with Gasteiger partial charge in [0.1, 0.15) is 0 Å². The Morgan fingerprint density at radius 2 is 1.40 bits per heavy atom. The number of unbranched alkanes of at least 4 members (excludes halogenated alkanes) is 8. The van der Waals surface area contributed by atoms with Crippen molar-refractivity contribution >= 4 is 0 Å². The van der Waals surface area contributed by atoms with Crippen LogP contribution in [0.3, 0.4) is 0 Å². The molecule has 0 aliphatic heterocycles. The van der Waals surface area contributed by atoms with Gasteiger partial charge >= 0.3 is 0 Å². The maximum Gasteiger partial charge on any atom is 0.201 e. The quantitative estimate of drug-likeness (QED) is 0.209. The molecule has 35 heavy (non-hydrogen) atoms. The molecule has 0 N–H and O–H groups in total. The maximum absolute atomic E-state index is 14.7. The molecule has 0 saturated heterocycles. The fourth-order valence-electron chi connectivity index (χ4n) is 4.79. The topological polar surface area (TPSA) is 44.2 Å². The zero-order chi connectivity index (χ0) is 24.7. The molecule has 6 heteroatoms. The first-order valence-electron chi connectivity index (χ1n) is 13.7. The molecule has 0 amide bonds. The minimum Gasteiger partial charge on any atom is -0.490 e. The first-order chi connectivity index (χ1) is 17.2. The van der Waals surface area contributed by atoms with Crippen LogP contribution in [0.15, 0.2) is 24.5 Å². The normalized spacial score (nSPS) is 13.9. The third-order valence-electron chi connectivity index (χ3n) is 6.92. The molecule has 0 unspecified atom stereocenters. The zero-order valence-electron chi connectivity index (χ0n) is 21.4. The van der Waals surface area contributed by atoms with E-state index in [1.54, 1.807) is 0 Å². The lowest BCUT2D eigenvalue weighted by atomic mass is 9.99. The Hall–Kier alpha value is -2.24. The van der Waals surface area contributed by atoms with Gasteiger partial charge in [-0.25, -0.2) is 14.4 Å². The van der Waals surface area contributed by atoms with E-state index in [-0.39, 0.29) is 17.1 Å². The molecule has 1 aromatic heterocycles. The fourth-order valence-corrected chi connectivity index (χ4v) is 4.79. The highest BCUT2D eigenvalue weighted by Gasteiger charge is 2.18. The van der Waals surface area contributed by atoms with Crippen molar-refractivity contribution in [1.82, 2.24) is 9.97 Å². The second-order valence-electron chi connectivity index (χ2n) is 9.80. The van der Waals surface area contributed by atoms with Crippen LogP contribution in [0.2, 0.25) is 0 Å². The van der Waals surface area contributed by atoms with Gasteiger partial charge in [0.05, 0.1) is 31.2 Å². The van der Waals surface area contributed by atoms with Crippen LogP contribution < -0.4 is 9.47 Å². The third kappa shape index (κ3) is 9.38. The van der Waals surface area contributed by atoms with E-state index in [1.165, 1.54) is 95.2 Å². The van der Waals surface area contributed by atoms with Gasteiger partial charge in [0.25, 0.3) is 0 Å². The van der Waals surface area contributed by atoms with Crippen molar-refractivity contribution in [2.75, 3.05) is 13.2 Å². The van der Waals surface area contributed by atoms with Crippen LogP contribution in [0.5, 0.6) is 11.5 Å². The molecule has 1 aliphatic rings. The van der Waals surface area contributed by atoms with Crippen molar-refractivity contribution in [3.8, 4) is 22.9 Å². The van der Waals surface area contributed by atoms with Gasteiger partial charge in [-0.2, -0.15) is 4.39 Å². The summed E-state index contributed by atoms with van der Waals surface area (Å²) in [5.74, 6) is -0.421. The number of hydrogen-bond donors (Lipinski definition) is 0. The molecule has 1 saturated carbocycles. The summed E-state index contributed by atoms with van der Waals surface area (Å²) in [7, 11) is 0. The molecular weight excluding hydrogens is 446 g/mol. The number of halogens is 2. The molecule has 3 rings (SSSR count). The minimum atomic E-state index is -0.991. The lowest BCUT2D eigenvalue weighted by Gasteiger charge is -2.11. The molecule has 1 aliphatic carbocycles. The monoisotopic (exact) mass is 488 g/mol. The highest BCUT2D eigenvalue weighted by molar-refractivity contribution is 5.57. The summed E-state index contributed by atoms with van der Waals surface area (Å²) in [4.78, 5) is 8.32. The van der Waals surface area contributed by atoms with E-state index in [2.05, 4.69) is 16.9 Å². The zero-order valence-corrected chi connectivity index (χ0v) is 21.4. The Labute approximate surface area is 209 Å². The van der Waals surface area contributed by atoms with Crippen LogP contribution in [0, 0.1) is 17.6 Å². The Kier molecular flexibility index (Phi) is 12.3. The standard InChI is InChI=1S/C29H42F2N2O2/c1-2-3-4-7-12-19-34-24-21-32-29(33-22-24)25-17-18-26(28(31)27(25)30)35-20-13-8-5-6-9-14-23-15-10-11-16-23/h17-18,21-23H,2-16,19-20H2,1H3. The summed E-state index contributed by atoms with van der Waals surface area (Å²) in [6, 6.07) is 2.93. The van der Waals surface area contributed by atoms with E-state index in [9.17, 15) is 8.78 Å². The van der Waals surface area contributed by atoms with E-state index in [0.29, 0.717) is 19.0 Å². The Morgan fingerprint density at radius 1 is 0.771 bits per heavy atom. The number of hydrogen-bond acceptors (Lipinski definition) is 4. The van der Waals surface area contributed by atoms with Crippen LogP contribution in [-0.2, 0) is 0 Å². The van der Waals surface area contributed by atoms with Crippen molar-refractivity contribution in [3.63, 3.8) is 0 Å². The van der Waals surface area contributed by atoms with E-state index in [0.717, 1.165) is 31.6 Å². The van der Waals surface area contributed by atoms with Gasteiger partial charge in [0.2, 0.25) is 5.82 Å². The average molecular weight is 489 g/mol. The van der Waals surface area contributed by atoms with Gasteiger partial charge in [-0.1, -0.05) is 90.4 Å². The van der Waals surface area contributed by atoms with Gasteiger partial charge in [-0.3, -0.25) is 0 Å². The van der Waals surface area contributed by atoms with Gasteiger partial charge < -0.3 is 9.47 Å². The number of rotatable bonds is 17. The van der Waals surface area contributed by atoms with Gasteiger partial charge in [0, 0.05) is 0 Å². The van der Waals surface area contributed by atoms with Crippen LogP contribution >= 0.6 is 0 Å². The van der Waals surface area contributed by atoms with Gasteiger partial charge in [-0.15, -0.1) is 0 Å². The Balaban J connectivity index is 1.36. The van der Waals surface area contributed by atoms with Crippen molar-refractivity contribution in [2.24, 2.45) is 5.92 Å². The summed E-state index contributed by atoms with van der Waals surface area (Å²) in [6.45, 7) is 3.17. The summed E-state index contributed by atoms with van der Waals surface area (Å²) in [6.07, 6.45) is 21.4. The molecular formula is C29H42F2N2O2. The molecule has 0 atom stereocenters. The third-order valence-corrected chi connectivity index (χ3v) is 6.92. The minimum absolute atomic E-state index is 0.0169. The average Bonchev–Trinajstić information content (AvgIpc) is 3.40. The maximum atomic E-state index is 14.7. The number of nitrogens with zero attached hydrogens (tertiary/aromatic N) is 2. The summed E-state index contributed by atoms with van der Waals surface area (Å²) in [5, 5.41) is 0. The molecule has 2 aromatic rings. The number of aromatic nitrogens is 2. The predicted octanol–water partition coefficient (Wildman–Crippen LogP) is 8.68. The first kappa shape index (κ1) is 27.3. The molecule has 1 aromatic carbocycles. The second-order valence-corrected chi connectivity index (χ2v) is 9.80. The molecule has 0 bridgehead atoms. The largest absolute Gasteiger partial charge is 0.490 e. The second kappa shape index (κ2) is 15.7. The summed E-state index contributed by atoms with van der Waals surface area (Å²) < 4.78 is 40.4. The molecule has 1 heterocycles. The van der Waals surface area contributed by atoms with Crippen LogP contribution in [0.25, 0.3) is 11.4 Å².